The minimum Gasteiger partial charge on any atom is -0.457 e. The molecule has 0 amide bonds. The van der Waals surface area contributed by atoms with Crippen molar-refractivity contribution in [3.63, 3.8) is 0 Å². The van der Waals surface area contributed by atoms with Crippen LogP contribution in [0.2, 0.25) is 0 Å². The second-order valence-electron chi connectivity index (χ2n) is 7.02. The number of ether oxygens (including phenoxy) is 1. The minimum absolute atomic E-state index is 0.0442. The highest BCUT2D eigenvalue weighted by Gasteiger charge is 2.31. The molecule has 0 unspecified atom stereocenters. The predicted molar refractivity (Wildman–Crippen MR) is 114 cm³/mol. The molecule has 0 aliphatic heterocycles. The number of benzene rings is 3. The number of nitrogens with two attached hydrogens (primary N) is 1. The number of alkyl halides is 3. The largest absolute Gasteiger partial charge is 0.457 e. The Labute approximate surface area is 173 Å². The number of halogens is 3. The summed E-state index contributed by atoms with van der Waals surface area (Å²) in [5.74, 6) is 1.64. The number of fused-ring (bicyclic) bond motifs is 2. The zero-order valence-corrected chi connectivity index (χ0v) is 15.9. The van der Waals surface area contributed by atoms with Crippen LogP contribution in [0.25, 0.3) is 21.9 Å². The average molecular weight is 423 g/mol. The second-order valence-corrected chi connectivity index (χ2v) is 7.02. The maximum Gasteiger partial charge on any atom is 0.416 e. The molecular formula is C22H16F3N5O. The topological polar surface area (TPSA) is 91.8 Å². The molecule has 0 radical (unpaired) electrons. The number of nitrogens with one attached hydrogen (secondary N) is 3. The summed E-state index contributed by atoms with van der Waals surface area (Å²) >= 11 is 0. The first-order chi connectivity index (χ1) is 14.8. The van der Waals surface area contributed by atoms with E-state index in [1.165, 1.54) is 0 Å². The van der Waals surface area contributed by atoms with Gasteiger partial charge in [-0.1, -0.05) is 0 Å². The average Bonchev–Trinajstić information content (AvgIpc) is 3.35. The first-order valence-electron chi connectivity index (χ1n) is 9.34. The van der Waals surface area contributed by atoms with Crippen LogP contribution in [0.15, 0.2) is 66.9 Å². The van der Waals surface area contributed by atoms with Crippen molar-refractivity contribution in [2.24, 2.45) is 0 Å². The van der Waals surface area contributed by atoms with E-state index >= 15 is 0 Å². The van der Waals surface area contributed by atoms with E-state index in [4.69, 9.17) is 10.5 Å². The second kappa shape index (κ2) is 6.98. The Bertz CT molecular complexity index is 1390. The number of H-pyrrole nitrogens is 2. The van der Waals surface area contributed by atoms with Crippen LogP contribution >= 0.6 is 0 Å². The molecule has 0 saturated heterocycles. The van der Waals surface area contributed by atoms with Crippen molar-refractivity contribution in [1.29, 1.82) is 0 Å². The van der Waals surface area contributed by atoms with Crippen molar-refractivity contribution in [1.82, 2.24) is 15.0 Å². The number of anilines is 3. The lowest BCUT2D eigenvalue weighted by atomic mass is 10.1. The molecule has 0 saturated carbocycles. The van der Waals surface area contributed by atoms with Gasteiger partial charge in [-0.05, 0) is 60.7 Å². The minimum atomic E-state index is -4.48. The van der Waals surface area contributed by atoms with E-state index < -0.39 is 11.7 Å². The molecule has 0 spiro atoms. The Morgan fingerprint density at radius 1 is 0.903 bits per heavy atom. The van der Waals surface area contributed by atoms with Crippen molar-refractivity contribution >= 4 is 39.3 Å². The fraction of sp³-hybridized carbons (Fsp3) is 0.0455. The number of hydrogen-bond donors (Lipinski definition) is 4. The molecule has 0 aliphatic rings. The fourth-order valence-electron chi connectivity index (χ4n) is 3.34. The molecule has 5 rings (SSSR count). The lowest BCUT2D eigenvalue weighted by Crippen LogP contribution is -2.05. The Hall–Kier alpha value is -4.14. The zero-order valence-electron chi connectivity index (χ0n) is 15.9. The molecule has 6 nitrogen and oxygen atoms in total. The van der Waals surface area contributed by atoms with Crippen LogP contribution in [0.5, 0.6) is 11.5 Å². The molecule has 156 valence electrons. The molecule has 3 aromatic carbocycles. The number of aromatic nitrogens is 3. The van der Waals surface area contributed by atoms with E-state index in [2.05, 4.69) is 20.3 Å². The Balaban J connectivity index is 1.34. The summed E-state index contributed by atoms with van der Waals surface area (Å²) in [6.07, 6.45) is -2.62. The molecule has 2 heterocycles. The van der Waals surface area contributed by atoms with E-state index in [9.17, 15) is 13.2 Å². The van der Waals surface area contributed by atoms with Gasteiger partial charge in [0.15, 0.2) is 0 Å². The van der Waals surface area contributed by atoms with Gasteiger partial charge in [0.1, 0.15) is 17.0 Å². The molecule has 0 bridgehead atoms. The predicted octanol–water partition coefficient (Wildman–Crippen LogP) is 6.18. The van der Waals surface area contributed by atoms with Gasteiger partial charge in [-0.15, -0.1) is 0 Å². The van der Waals surface area contributed by atoms with Gasteiger partial charge in [0.2, 0.25) is 5.95 Å². The van der Waals surface area contributed by atoms with E-state index in [0.717, 1.165) is 23.0 Å². The van der Waals surface area contributed by atoms with Crippen molar-refractivity contribution in [2.75, 3.05) is 11.1 Å². The molecule has 5 N–H and O–H groups in total. The maximum atomic E-state index is 13.0. The third kappa shape index (κ3) is 3.73. The van der Waals surface area contributed by atoms with Gasteiger partial charge in [0.05, 0.1) is 16.8 Å². The van der Waals surface area contributed by atoms with Gasteiger partial charge in [0, 0.05) is 22.8 Å². The third-order valence-corrected chi connectivity index (χ3v) is 4.82. The molecule has 0 fully saturated rings. The third-order valence-electron chi connectivity index (χ3n) is 4.82. The summed E-state index contributed by atoms with van der Waals surface area (Å²) in [5.41, 5.74) is 7.07. The molecule has 0 atom stereocenters. The first-order valence-corrected chi connectivity index (χ1v) is 9.34. The zero-order chi connectivity index (χ0) is 21.6. The summed E-state index contributed by atoms with van der Waals surface area (Å²) in [6.45, 7) is 0. The molecule has 9 heteroatoms. The van der Waals surface area contributed by atoms with Crippen molar-refractivity contribution in [2.45, 2.75) is 6.18 Å². The Morgan fingerprint density at radius 3 is 2.45 bits per heavy atom. The van der Waals surface area contributed by atoms with E-state index in [-0.39, 0.29) is 22.7 Å². The summed E-state index contributed by atoms with van der Waals surface area (Å²) < 4.78 is 44.8. The summed E-state index contributed by atoms with van der Waals surface area (Å²) in [7, 11) is 0. The highest BCUT2D eigenvalue weighted by molar-refractivity contribution is 5.90. The monoisotopic (exact) mass is 423 g/mol. The molecule has 0 aliphatic carbocycles. The summed E-state index contributed by atoms with van der Waals surface area (Å²) in [5, 5.41) is 4.08. The standard InChI is InChI=1S/C22H16F3N5O/c23-22(24,25)13-10-17(26)20-19(11-13)29-21(30-20)28-14-1-3-15(4-2-14)31-16-5-6-18-12(9-16)7-8-27-18/h1-11,27H,26H2,(H2,28,29,30). The Morgan fingerprint density at radius 2 is 1.68 bits per heavy atom. The van der Waals surface area contributed by atoms with Gasteiger partial charge in [-0.25, -0.2) is 4.98 Å². The number of rotatable bonds is 4. The molecule has 31 heavy (non-hydrogen) atoms. The Kier molecular flexibility index (Phi) is 4.25. The van der Waals surface area contributed by atoms with Gasteiger partial charge in [0.25, 0.3) is 0 Å². The van der Waals surface area contributed by atoms with Gasteiger partial charge < -0.3 is 25.8 Å². The van der Waals surface area contributed by atoms with Crippen LogP contribution in [-0.2, 0) is 6.18 Å². The summed E-state index contributed by atoms with van der Waals surface area (Å²) in [4.78, 5) is 10.2. The van der Waals surface area contributed by atoms with Crippen LogP contribution in [0.4, 0.5) is 30.5 Å². The molecular weight excluding hydrogens is 407 g/mol. The van der Waals surface area contributed by atoms with E-state index in [1.54, 1.807) is 24.3 Å². The van der Waals surface area contributed by atoms with Crippen molar-refractivity contribution in [3.05, 3.63) is 72.4 Å². The van der Waals surface area contributed by atoms with Crippen LogP contribution < -0.4 is 15.8 Å². The number of hydrogen-bond acceptors (Lipinski definition) is 4. The highest BCUT2D eigenvalue weighted by Crippen LogP contribution is 2.34. The van der Waals surface area contributed by atoms with Gasteiger partial charge in [-0.3, -0.25) is 0 Å². The van der Waals surface area contributed by atoms with E-state index in [0.29, 0.717) is 17.2 Å². The number of imidazole rings is 1. The van der Waals surface area contributed by atoms with Crippen LogP contribution in [0.1, 0.15) is 5.56 Å². The van der Waals surface area contributed by atoms with Gasteiger partial charge in [-0.2, -0.15) is 13.2 Å². The van der Waals surface area contributed by atoms with Crippen LogP contribution in [-0.4, -0.2) is 15.0 Å². The normalized spacial score (nSPS) is 11.8. The maximum absolute atomic E-state index is 13.0. The number of nitrogen functional groups attached to an aromatic ring is 1. The van der Waals surface area contributed by atoms with E-state index in [1.807, 2.05) is 30.5 Å². The van der Waals surface area contributed by atoms with Crippen molar-refractivity contribution in [3.8, 4) is 11.5 Å². The number of aromatic amines is 2. The quantitative estimate of drug-likeness (QED) is 0.260. The highest BCUT2D eigenvalue weighted by atomic mass is 19.4. The smallest absolute Gasteiger partial charge is 0.416 e. The van der Waals surface area contributed by atoms with Gasteiger partial charge >= 0.3 is 6.18 Å². The summed E-state index contributed by atoms with van der Waals surface area (Å²) in [6, 6.07) is 16.7. The molecule has 2 aromatic heterocycles. The lowest BCUT2D eigenvalue weighted by Gasteiger charge is -2.07. The number of nitrogens with zero attached hydrogens (tertiary/aromatic N) is 1. The first kappa shape index (κ1) is 18.9. The SMILES string of the molecule is Nc1cc(C(F)(F)F)cc2[nH]c(Nc3ccc(Oc4ccc5[nH]ccc5c4)cc3)nc12. The van der Waals surface area contributed by atoms with Crippen LogP contribution in [0, 0.1) is 0 Å². The van der Waals surface area contributed by atoms with Crippen molar-refractivity contribution < 1.29 is 17.9 Å². The van der Waals surface area contributed by atoms with Crippen LogP contribution in [0.3, 0.4) is 0 Å². The lowest BCUT2D eigenvalue weighted by molar-refractivity contribution is -0.137. The fourth-order valence-corrected chi connectivity index (χ4v) is 3.34. The molecule has 5 aromatic rings.